The fraction of sp³-hybridized carbons (Fsp3) is 0.235. The van der Waals surface area contributed by atoms with Crippen molar-refractivity contribution >= 4 is 17.1 Å². The van der Waals surface area contributed by atoms with Gasteiger partial charge in [0.15, 0.2) is 0 Å². The van der Waals surface area contributed by atoms with Crippen molar-refractivity contribution < 1.29 is 4.79 Å². The Labute approximate surface area is 134 Å². The van der Waals surface area contributed by atoms with Crippen LogP contribution in [0.25, 0.3) is 11.0 Å². The van der Waals surface area contributed by atoms with Gasteiger partial charge in [0.2, 0.25) is 0 Å². The van der Waals surface area contributed by atoms with E-state index in [0.717, 1.165) is 29.6 Å². The minimum absolute atomic E-state index is 0.155. The molecule has 0 saturated carbocycles. The normalized spacial score (nSPS) is 10.6. The van der Waals surface area contributed by atoms with Crippen molar-refractivity contribution in [3.63, 3.8) is 0 Å². The van der Waals surface area contributed by atoms with Gasteiger partial charge in [0.05, 0.1) is 17.4 Å². The molecule has 2 aromatic heterocycles. The summed E-state index contributed by atoms with van der Waals surface area (Å²) in [4.78, 5) is 20.0. The van der Waals surface area contributed by atoms with E-state index in [1.807, 2.05) is 36.7 Å². The minimum Gasteiger partial charge on any atom is -0.338 e. The van der Waals surface area contributed by atoms with Crippen molar-refractivity contribution in [2.24, 2.45) is 0 Å². The average molecular weight is 309 g/mol. The number of fused-ring (bicyclic) bond motifs is 1. The monoisotopic (exact) mass is 309 g/mol. The number of para-hydroxylation sites is 2. The van der Waals surface area contributed by atoms with E-state index in [1.54, 1.807) is 12.4 Å². The number of carbonyl (C=O) groups is 1. The van der Waals surface area contributed by atoms with Crippen LogP contribution in [-0.4, -0.2) is 27.1 Å². The lowest BCUT2D eigenvalue weighted by molar-refractivity contribution is 0.240. The third-order valence-electron chi connectivity index (χ3n) is 3.59. The number of rotatable bonds is 6. The number of urea groups is 1. The second-order valence-corrected chi connectivity index (χ2v) is 5.25. The number of benzene rings is 1. The molecule has 0 radical (unpaired) electrons. The first-order chi connectivity index (χ1) is 11.3. The van der Waals surface area contributed by atoms with Gasteiger partial charge in [-0.1, -0.05) is 12.1 Å². The summed E-state index contributed by atoms with van der Waals surface area (Å²) in [6.07, 6.45) is 6.12. The van der Waals surface area contributed by atoms with Gasteiger partial charge in [0.25, 0.3) is 0 Å². The maximum absolute atomic E-state index is 11.7. The Hall–Kier alpha value is -2.89. The summed E-state index contributed by atoms with van der Waals surface area (Å²) in [5.41, 5.74) is 3.14. The van der Waals surface area contributed by atoms with E-state index < -0.39 is 0 Å². The lowest BCUT2D eigenvalue weighted by atomic mass is 10.3. The van der Waals surface area contributed by atoms with Gasteiger partial charge in [-0.2, -0.15) is 0 Å². The van der Waals surface area contributed by atoms with Crippen LogP contribution in [0.1, 0.15) is 12.0 Å². The SMILES string of the molecule is O=C(NCCCn1cnc2ccccc21)NCc1ccncc1. The molecular weight excluding hydrogens is 290 g/mol. The van der Waals surface area contributed by atoms with Crippen LogP contribution in [0, 0.1) is 0 Å². The van der Waals surface area contributed by atoms with E-state index in [-0.39, 0.29) is 6.03 Å². The van der Waals surface area contributed by atoms with Crippen molar-refractivity contribution in [2.45, 2.75) is 19.5 Å². The first kappa shape index (κ1) is 15.0. The van der Waals surface area contributed by atoms with Gasteiger partial charge >= 0.3 is 6.03 Å². The van der Waals surface area contributed by atoms with Crippen LogP contribution < -0.4 is 10.6 Å². The van der Waals surface area contributed by atoms with Gasteiger partial charge in [-0.3, -0.25) is 4.98 Å². The van der Waals surface area contributed by atoms with Gasteiger partial charge < -0.3 is 15.2 Å². The largest absolute Gasteiger partial charge is 0.338 e. The molecule has 0 aliphatic carbocycles. The van der Waals surface area contributed by atoms with Crippen molar-refractivity contribution in [1.29, 1.82) is 0 Å². The number of imidazole rings is 1. The summed E-state index contributed by atoms with van der Waals surface area (Å²) in [6, 6.07) is 11.6. The van der Waals surface area contributed by atoms with Gasteiger partial charge in [-0.25, -0.2) is 9.78 Å². The highest BCUT2D eigenvalue weighted by Crippen LogP contribution is 2.11. The number of aryl methyl sites for hydroxylation is 1. The first-order valence-electron chi connectivity index (χ1n) is 7.63. The van der Waals surface area contributed by atoms with E-state index in [9.17, 15) is 4.79 Å². The summed E-state index contributed by atoms with van der Waals surface area (Å²) in [5, 5.41) is 5.69. The molecule has 0 spiro atoms. The van der Waals surface area contributed by atoms with Crippen LogP contribution in [0.15, 0.2) is 55.1 Å². The predicted octanol–water partition coefficient (Wildman–Crippen LogP) is 2.32. The Morgan fingerprint density at radius 2 is 1.91 bits per heavy atom. The van der Waals surface area contributed by atoms with Gasteiger partial charge in [0, 0.05) is 32.0 Å². The topological polar surface area (TPSA) is 71.8 Å². The number of pyridine rings is 1. The third kappa shape index (κ3) is 4.06. The number of aromatic nitrogens is 3. The van der Waals surface area contributed by atoms with Gasteiger partial charge in [-0.15, -0.1) is 0 Å². The highest BCUT2D eigenvalue weighted by molar-refractivity contribution is 5.75. The molecule has 118 valence electrons. The Morgan fingerprint density at radius 3 is 2.78 bits per heavy atom. The third-order valence-corrected chi connectivity index (χ3v) is 3.59. The second kappa shape index (κ2) is 7.40. The average Bonchev–Trinajstić information content (AvgIpc) is 3.01. The molecule has 1 aromatic carbocycles. The highest BCUT2D eigenvalue weighted by atomic mass is 16.2. The molecule has 0 saturated heterocycles. The molecule has 3 rings (SSSR count). The molecule has 0 aliphatic heterocycles. The van der Waals surface area contributed by atoms with Gasteiger partial charge in [-0.05, 0) is 36.2 Å². The van der Waals surface area contributed by atoms with E-state index >= 15 is 0 Å². The molecule has 0 atom stereocenters. The van der Waals surface area contributed by atoms with E-state index in [4.69, 9.17) is 0 Å². The lowest BCUT2D eigenvalue weighted by Crippen LogP contribution is -2.35. The van der Waals surface area contributed by atoms with Crippen molar-refractivity contribution in [1.82, 2.24) is 25.2 Å². The Morgan fingerprint density at radius 1 is 1.09 bits per heavy atom. The summed E-state index contributed by atoms with van der Waals surface area (Å²) >= 11 is 0. The van der Waals surface area contributed by atoms with Crippen LogP contribution in [0.5, 0.6) is 0 Å². The van der Waals surface area contributed by atoms with Crippen molar-refractivity contribution in [3.05, 3.63) is 60.7 Å². The smallest absolute Gasteiger partial charge is 0.315 e. The summed E-state index contributed by atoms with van der Waals surface area (Å²) < 4.78 is 2.10. The highest BCUT2D eigenvalue weighted by Gasteiger charge is 2.02. The molecular formula is C17H19N5O. The second-order valence-electron chi connectivity index (χ2n) is 5.25. The number of nitrogens with one attached hydrogen (secondary N) is 2. The standard InChI is InChI=1S/C17H19N5O/c23-17(20-12-14-6-9-18-10-7-14)19-8-3-11-22-13-21-15-4-1-2-5-16(15)22/h1-2,4-7,9-10,13H,3,8,11-12H2,(H2,19,20,23). The van der Waals surface area contributed by atoms with Crippen molar-refractivity contribution in [2.75, 3.05) is 6.54 Å². The molecule has 2 heterocycles. The molecule has 6 nitrogen and oxygen atoms in total. The van der Waals surface area contributed by atoms with Gasteiger partial charge in [0.1, 0.15) is 0 Å². The number of hydrogen-bond donors (Lipinski definition) is 2. The molecule has 0 bridgehead atoms. The molecule has 2 amide bonds. The Bertz CT molecular complexity index is 769. The van der Waals surface area contributed by atoms with Crippen LogP contribution in [0.4, 0.5) is 4.79 Å². The zero-order valence-electron chi connectivity index (χ0n) is 12.8. The van der Waals surface area contributed by atoms with Crippen molar-refractivity contribution in [3.8, 4) is 0 Å². The van der Waals surface area contributed by atoms with Crippen LogP contribution in [0.2, 0.25) is 0 Å². The molecule has 0 unspecified atom stereocenters. The number of hydrogen-bond acceptors (Lipinski definition) is 3. The number of nitrogens with zero attached hydrogens (tertiary/aromatic N) is 3. The lowest BCUT2D eigenvalue weighted by Gasteiger charge is -2.08. The van der Waals surface area contributed by atoms with E-state index in [1.165, 1.54) is 0 Å². The molecule has 2 N–H and O–H groups in total. The maximum atomic E-state index is 11.7. The summed E-state index contributed by atoms with van der Waals surface area (Å²) in [6.45, 7) is 1.94. The van der Waals surface area contributed by atoms with E-state index in [2.05, 4.69) is 31.2 Å². The molecule has 0 fully saturated rings. The Balaban J connectivity index is 1.39. The zero-order chi connectivity index (χ0) is 15.9. The fourth-order valence-corrected chi connectivity index (χ4v) is 2.39. The molecule has 3 aromatic rings. The summed E-state index contributed by atoms with van der Waals surface area (Å²) in [7, 11) is 0. The molecule has 6 heteroatoms. The number of carbonyl (C=O) groups excluding carboxylic acids is 1. The summed E-state index contributed by atoms with van der Waals surface area (Å²) in [5.74, 6) is 0. The fourth-order valence-electron chi connectivity index (χ4n) is 2.39. The molecule has 23 heavy (non-hydrogen) atoms. The van der Waals surface area contributed by atoms with Crippen LogP contribution >= 0.6 is 0 Å². The van der Waals surface area contributed by atoms with Crippen LogP contribution in [0.3, 0.4) is 0 Å². The zero-order valence-corrected chi connectivity index (χ0v) is 12.8. The van der Waals surface area contributed by atoms with Crippen LogP contribution in [-0.2, 0) is 13.1 Å². The maximum Gasteiger partial charge on any atom is 0.315 e. The number of amides is 2. The first-order valence-corrected chi connectivity index (χ1v) is 7.63. The van der Waals surface area contributed by atoms with E-state index in [0.29, 0.717) is 13.1 Å². The molecule has 0 aliphatic rings. The minimum atomic E-state index is -0.155. The Kier molecular flexibility index (Phi) is 4.83. The quantitative estimate of drug-likeness (QED) is 0.686. The predicted molar refractivity (Wildman–Crippen MR) is 88.8 cm³/mol.